The molecule has 4 N–H and O–H groups in total. The summed E-state index contributed by atoms with van der Waals surface area (Å²) in [6.07, 6.45) is 2.28. The number of aromatic nitrogens is 2. The van der Waals surface area contributed by atoms with Gasteiger partial charge in [-0.1, -0.05) is 24.3 Å². The van der Waals surface area contributed by atoms with Gasteiger partial charge in [-0.05, 0) is 66.9 Å². The highest BCUT2D eigenvalue weighted by atomic mass is 19.1. The predicted octanol–water partition coefficient (Wildman–Crippen LogP) is 5.47. The van der Waals surface area contributed by atoms with Crippen LogP contribution in [0, 0.1) is 12.7 Å². The fraction of sp³-hybridized carbons (Fsp3) is 0.107. The van der Waals surface area contributed by atoms with Crippen LogP contribution in [0.15, 0.2) is 72.9 Å². The number of hydrogen-bond donors (Lipinski definition) is 4. The van der Waals surface area contributed by atoms with Gasteiger partial charge >= 0.3 is 5.97 Å². The minimum Gasteiger partial charge on any atom is -0.481 e. The number of nitrogens with one attached hydrogen (secondary N) is 3. The normalized spacial score (nSPS) is 13.8. The zero-order chi connectivity index (χ0) is 25.2. The van der Waals surface area contributed by atoms with E-state index in [4.69, 9.17) is 5.11 Å². The SMILES string of the molecule is Cc1c[nH]c(-c2ccc(N/C(=C3\C(=O)Nc4cc(F)ccc43)c3ccc(CCC(=O)O)cc3)cc2)n1. The number of fused-ring (bicyclic) bond motifs is 1. The van der Waals surface area contributed by atoms with E-state index in [1.54, 1.807) is 6.07 Å². The fourth-order valence-electron chi connectivity index (χ4n) is 4.18. The van der Waals surface area contributed by atoms with E-state index in [2.05, 4.69) is 20.6 Å². The Morgan fingerprint density at radius 3 is 2.47 bits per heavy atom. The number of carbonyl (C=O) groups is 2. The molecular formula is C28H23FN4O3. The zero-order valence-electron chi connectivity index (χ0n) is 19.4. The molecule has 1 aliphatic rings. The van der Waals surface area contributed by atoms with Crippen LogP contribution < -0.4 is 10.6 Å². The van der Waals surface area contributed by atoms with Crippen LogP contribution in [0.3, 0.4) is 0 Å². The van der Waals surface area contributed by atoms with E-state index in [0.717, 1.165) is 33.9 Å². The molecule has 1 aliphatic heterocycles. The maximum Gasteiger partial charge on any atom is 0.303 e. The molecule has 7 nitrogen and oxygen atoms in total. The molecule has 2 heterocycles. The number of halogens is 1. The quantitative estimate of drug-likeness (QED) is 0.261. The second-order valence-electron chi connectivity index (χ2n) is 8.58. The molecule has 8 heteroatoms. The van der Waals surface area contributed by atoms with Gasteiger partial charge in [0.2, 0.25) is 0 Å². The molecule has 1 aromatic heterocycles. The number of nitrogens with zero attached hydrogens (tertiary/aromatic N) is 1. The van der Waals surface area contributed by atoms with Crippen LogP contribution in [0.5, 0.6) is 0 Å². The molecule has 1 amide bonds. The molecule has 4 aromatic rings. The van der Waals surface area contributed by atoms with Crippen molar-refractivity contribution in [3.63, 3.8) is 0 Å². The van der Waals surface area contributed by atoms with Crippen LogP contribution in [0.1, 0.15) is 28.8 Å². The Balaban J connectivity index is 1.54. The van der Waals surface area contributed by atoms with E-state index >= 15 is 0 Å². The Kier molecular flexibility index (Phi) is 6.08. The molecule has 0 radical (unpaired) electrons. The lowest BCUT2D eigenvalue weighted by atomic mass is 9.98. The molecule has 0 saturated heterocycles. The first-order valence-electron chi connectivity index (χ1n) is 11.4. The molecule has 3 aromatic carbocycles. The first kappa shape index (κ1) is 23.0. The molecule has 5 rings (SSSR count). The van der Waals surface area contributed by atoms with Crippen molar-refractivity contribution in [2.24, 2.45) is 0 Å². The number of hydrogen-bond acceptors (Lipinski definition) is 4. The third-order valence-corrected chi connectivity index (χ3v) is 5.98. The number of imidazole rings is 1. The first-order valence-corrected chi connectivity index (χ1v) is 11.4. The summed E-state index contributed by atoms with van der Waals surface area (Å²) >= 11 is 0. The van der Waals surface area contributed by atoms with Gasteiger partial charge in [0.25, 0.3) is 5.91 Å². The van der Waals surface area contributed by atoms with E-state index in [-0.39, 0.29) is 12.3 Å². The molecule has 0 saturated carbocycles. The van der Waals surface area contributed by atoms with Crippen LogP contribution in [-0.4, -0.2) is 27.0 Å². The minimum absolute atomic E-state index is 0.0361. The Hall–Kier alpha value is -4.72. The molecule has 180 valence electrons. The van der Waals surface area contributed by atoms with Gasteiger partial charge in [0, 0.05) is 29.4 Å². The van der Waals surface area contributed by atoms with Gasteiger partial charge in [0.05, 0.1) is 22.7 Å². The lowest BCUT2D eigenvalue weighted by molar-refractivity contribution is -0.137. The molecule has 0 aliphatic carbocycles. The molecule has 0 fully saturated rings. The second-order valence-corrected chi connectivity index (χ2v) is 8.58. The highest BCUT2D eigenvalue weighted by molar-refractivity contribution is 6.37. The number of rotatable bonds is 7. The van der Waals surface area contributed by atoms with E-state index < -0.39 is 11.8 Å². The van der Waals surface area contributed by atoms with Crippen LogP contribution in [0.2, 0.25) is 0 Å². The summed E-state index contributed by atoms with van der Waals surface area (Å²) in [6, 6.07) is 19.2. The Morgan fingerprint density at radius 1 is 1.06 bits per heavy atom. The van der Waals surface area contributed by atoms with Gasteiger partial charge < -0.3 is 20.7 Å². The highest BCUT2D eigenvalue weighted by Crippen LogP contribution is 2.38. The van der Waals surface area contributed by atoms with Crippen molar-refractivity contribution in [1.82, 2.24) is 9.97 Å². The average Bonchev–Trinajstić information content (AvgIpc) is 3.44. The second kappa shape index (κ2) is 9.50. The molecule has 0 unspecified atom stereocenters. The fourth-order valence-corrected chi connectivity index (χ4v) is 4.18. The van der Waals surface area contributed by atoms with Crippen molar-refractivity contribution >= 4 is 34.5 Å². The van der Waals surface area contributed by atoms with Crippen LogP contribution in [0.25, 0.3) is 22.7 Å². The van der Waals surface area contributed by atoms with Crippen LogP contribution >= 0.6 is 0 Å². The summed E-state index contributed by atoms with van der Waals surface area (Å²) in [7, 11) is 0. The van der Waals surface area contributed by atoms with Gasteiger partial charge in [-0.15, -0.1) is 0 Å². The summed E-state index contributed by atoms with van der Waals surface area (Å²) in [5.41, 5.74) is 6.15. The number of carbonyl (C=O) groups excluding carboxylic acids is 1. The summed E-state index contributed by atoms with van der Waals surface area (Å²) in [4.78, 5) is 31.5. The topological polar surface area (TPSA) is 107 Å². The molecule has 0 atom stereocenters. The number of aliphatic carboxylic acids is 1. The first-order chi connectivity index (χ1) is 17.4. The summed E-state index contributed by atoms with van der Waals surface area (Å²) in [5.74, 6) is -0.865. The van der Waals surface area contributed by atoms with Gasteiger partial charge in [0.15, 0.2) is 0 Å². The molecule has 36 heavy (non-hydrogen) atoms. The minimum atomic E-state index is -0.858. The smallest absolute Gasteiger partial charge is 0.303 e. The Labute approximate surface area is 206 Å². The van der Waals surface area contributed by atoms with E-state index in [0.29, 0.717) is 28.9 Å². The number of amides is 1. The maximum absolute atomic E-state index is 13.8. The number of aromatic amines is 1. The number of aryl methyl sites for hydroxylation is 2. The standard InChI is InChI=1S/C28H23FN4O3/c1-16-15-30-27(31-16)19-7-10-21(11-8-19)32-26(18-5-2-17(3-6-18)4-13-24(34)35)25-22-12-9-20(29)14-23(22)33-28(25)36/h2-3,5-12,14-15,32H,4,13H2,1H3,(H,30,31)(H,33,36)(H,34,35)/b26-25-. The van der Waals surface area contributed by atoms with Gasteiger partial charge in [-0.3, -0.25) is 9.59 Å². The van der Waals surface area contributed by atoms with Crippen molar-refractivity contribution in [1.29, 1.82) is 0 Å². The summed E-state index contributed by atoms with van der Waals surface area (Å²) in [5, 5.41) is 15.1. The number of carboxylic acids is 1. The average molecular weight is 483 g/mol. The van der Waals surface area contributed by atoms with E-state index in [9.17, 15) is 14.0 Å². The monoisotopic (exact) mass is 482 g/mol. The Morgan fingerprint density at radius 2 is 1.81 bits per heavy atom. The van der Waals surface area contributed by atoms with Crippen molar-refractivity contribution in [3.05, 3.63) is 101 Å². The summed E-state index contributed by atoms with van der Waals surface area (Å²) < 4.78 is 13.8. The molecular weight excluding hydrogens is 459 g/mol. The lowest BCUT2D eigenvalue weighted by Gasteiger charge is -2.15. The Bertz CT molecular complexity index is 1490. The number of anilines is 2. The maximum atomic E-state index is 13.8. The number of carboxylic acid groups (broad SMARTS) is 1. The lowest BCUT2D eigenvalue weighted by Crippen LogP contribution is -2.10. The van der Waals surface area contributed by atoms with Crippen LogP contribution in [-0.2, 0) is 16.0 Å². The predicted molar refractivity (Wildman–Crippen MR) is 137 cm³/mol. The van der Waals surface area contributed by atoms with Gasteiger partial charge in [0.1, 0.15) is 11.6 Å². The highest BCUT2D eigenvalue weighted by Gasteiger charge is 2.29. The van der Waals surface area contributed by atoms with Crippen molar-refractivity contribution in [3.8, 4) is 11.4 Å². The van der Waals surface area contributed by atoms with Crippen LogP contribution in [0.4, 0.5) is 15.8 Å². The molecule has 0 spiro atoms. The summed E-state index contributed by atoms with van der Waals surface area (Å²) in [6.45, 7) is 1.91. The third-order valence-electron chi connectivity index (χ3n) is 5.98. The van der Waals surface area contributed by atoms with Gasteiger partial charge in [-0.2, -0.15) is 0 Å². The van der Waals surface area contributed by atoms with Crippen molar-refractivity contribution < 1.29 is 19.1 Å². The number of benzene rings is 3. The zero-order valence-corrected chi connectivity index (χ0v) is 19.4. The number of H-pyrrole nitrogens is 1. The van der Waals surface area contributed by atoms with Gasteiger partial charge in [-0.25, -0.2) is 9.37 Å². The van der Waals surface area contributed by atoms with Crippen molar-refractivity contribution in [2.45, 2.75) is 19.8 Å². The van der Waals surface area contributed by atoms with Crippen molar-refractivity contribution in [2.75, 3.05) is 10.6 Å². The largest absolute Gasteiger partial charge is 0.481 e. The van der Waals surface area contributed by atoms with E-state index in [1.807, 2.05) is 61.7 Å². The molecule has 0 bridgehead atoms. The van der Waals surface area contributed by atoms with E-state index in [1.165, 1.54) is 12.1 Å². The third kappa shape index (κ3) is 4.74.